The molecule has 0 saturated heterocycles. The molecule has 3 aromatic rings. The van der Waals surface area contributed by atoms with Gasteiger partial charge in [-0.2, -0.15) is 0 Å². The summed E-state index contributed by atoms with van der Waals surface area (Å²) >= 11 is 6.97. The second-order valence-corrected chi connectivity index (χ2v) is 7.99. The van der Waals surface area contributed by atoms with Gasteiger partial charge in [-0.3, -0.25) is 0 Å². The quantitative estimate of drug-likeness (QED) is 0.366. The van der Waals surface area contributed by atoms with Gasteiger partial charge < -0.3 is 20.1 Å². The van der Waals surface area contributed by atoms with Crippen LogP contribution in [0.3, 0.4) is 0 Å². The molecule has 0 spiro atoms. The topological polar surface area (TPSA) is 59.6 Å². The van der Waals surface area contributed by atoms with Crippen LogP contribution in [0, 0.1) is 0 Å². The minimum Gasteiger partial charge on any atom is -0.497 e. The Kier molecular flexibility index (Phi) is 7.43. The number of thiocarbonyl (C=S) groups is 1. The fraction of sp³-hybridized carbons (Fsp3) is 0.217. The third-order valence-electron chi connectivity index (χ3n) is 4.48. The molecule has 1 atom stereocenters. The molecule has 0 fully saturated rings. The Bertz CT molecular complexity index is 1000. The van der Waals surface area contributed by atoms with Gasteiger partial charge in [0, 0.05) is 4.88 Å². The third-order valence-corrected chi connectivity index (χ3v) is 5.80. The van der Waals surface area contributed by atoms with Gasteiger partial charge in [0.2, 0.25) is 0 Å². The zero-order valence-corrected chi connectivity index (χ0v) is 18.7. The number of carbonyl (C=O) groups excluding carboxylic acids is 1. The molecule has 0 bridgehead atoms. The lowest BCUT2D eigenvalue weighted by molar-refractivity contribution is 0.0528. The second-order valence-electron chi connectivity index (χ2n) is 6.53. The number of hydrogen-bond donors (Lipinski definition) is 2. The first-order chi connectivity index (χ1) is 14.5. The van der Waals surface area contributed by atoms with Crippen LogP contribution in [-0.2, 0) is 4.74 Å². The molecule has 2 N–H and O–H groups in total. The predicted molar refractivity (Wildman–Crippen MR) is 126 cm³/mol. The van der Waals surface area contributed by atoms with Crippen LogP contribution in [0.5, 0.6) is 5.75 Å². The zero-order chi connectivity index (χ0) is 21.5. The second kappa shape index (κ2) is 10.2. The lowest BCUT2D eigenvalue weighted by atomic mass is 10.1. The minimum atomic E-state index is -0.371. The van der Waals surface area contributed by atoms with E-state index in [0.29, 0.717) is 22.3 Å². The van der Waals surface area contributed by atoms with Gasteiger partial charge in [-0.15, -0.1) is 11.3 Å². The first kappa shape index (κ1) is 21.8. The molecule has 156 valence electrons. The lowest BCUT2D eigenvalue weighted by Gasteiger charge is -2.17. The van der Waals surface area contributed by atoms with E-state index in [2.05, 4.69) is 10.6 Å². The van der Waals surface area contributed by atoms with Crippen molar-refractivity contribution >= 4 is 39.6 Å². The summed E-state index contributed by atoms with van der Waals surface area (Å²) in [4.78, 5) is 13.4. The van der Waals surface area contributed by atoms with Gasteiger partial charge >= 0.3 is 5.97 Å². The first-order valence-electron chi connectivity index (χ1n) is 9.59. The SMILES string of the molecule is CCOC(=O)c1cc(-c2ccccc2)sc1NC(=S)NC(C)c1ccc(OC)cc1. The molecule has 30 heavy (non-hydrogen) atoms. The Hall–Kier alpha value is -2.90. The smallest absolute Gasteiger partial charge is 0.341 e. The highest BCUT2D eigenvalue weighted by molar-refractivity contribution is 7.80. The van der Waals surface area contributed by atoms with Crippen molar-refractivity contribution in [2.75, 3.05) is 19.0 Å². The Morgan fingerprint density at radius 3 is 2.47 bits per heavy atom. The van der Waals surface area contributed by atoms with Crippen molar-refractivity contribution in [2.24, 2.45) is 0 Å². The number of ether oxygens (including phenoxy) is 2. The van der Waals surface area contributed by atoms with Gasteiger partial charge in [-0.1, -0.05) is 42.5 Å². The maximum absolute atomic E-state index is 12.5. The van der Waals surface area contributed by atoms with Crippen LogP contribution < -0.4 is 15.4 Å². The molecule has 1 heterocycles. The molecular weight excluding hydrogens is 416 g/mol. The van der Waals surface area contributed by atoms with Crippen molar-refractivity contribution < 1.29 is 14.3 Å². The number of hydrogen-bond acceptors (Lipinski definition) is 5. The molecule has 0 aliphatic heterocycles. The summed E-state index contributed by atoms with van der Waals surface area (Å²) in [5.41, 5.74) is 2.58. The molecule has 0 aliphatic rings. The normalized spacial score (nSPS) is 11.4. The van der Waals surface area contributed by atoms with Gasteiger partial charge in [-0.05, 0) is 55.4 Å². The van der Waals surface area contributed by atoms with Crippen molar-refractivity contribution in [3.63, 3.8) is 0 Å². The highest BCUT2D eigenvalue weighted by Crippen LogP contribution is 2.36. The Labute approximate surface area is 186 Å². The summed E-state index contributed by atoms with van der Waals surface area (Å²) in [6, 6.07) is 19.5. The van der Waals surface area contributed by atoms with Gasteiger partial charge in [0.1, 0.15) is 10.8 Å². The zero-order valence-electron chi connectivity index (χ0n) is 17.1. The monoisotopic (exact) mass is 440 g/mol. The van der Waals surface area contributed by atoms with E-state index in [1.165, 1.54) is 11.3 Å². The van der Waals surface area contributed by atoms with Crippen LogP contribution >= 0.6 is 23.6 Å². The van der Waals surface area contributed by atoms with Gasteiger partial charge in [-0.25, -0.2) is 4.79 Å². The van der Waals surface area contributed by atoms with E-state index in [0.717, 1.165) is 21.8 Å². The molecule has 3 rings (SSSR count). The van der Waals surface area contributed by atoms with E-state index in [1.54, 1.807) is 14.0 Å². The Morgan fingerprint density at radius 2 is 1.83 bits per heavy atom. The molecule has 7 heteroatoms. The van der Waals surface area contributed by atoms with Crippen molar-refractivity contribution in [3.8, 4) is 16.2 Å². The number of rotatable bonds is 7. The Balaban J connectivity index is 1.77. The standard InChI is InChI=1S/C23H24N2O3S2/c1-4-28-22(26)19-14-20(17-8-6-5-7-9-17)30-21(19)25-23(29)24-15(2)16-10-12-18(27-3)13-11-16/h5-15H,4H2,1-3H3,(H2,24,25,29). The molecule has 0 saturated carbocycles. The van der Waals surface area contributed by atoms with E-state index >= 15 is 0 Å². The largest absolute Gasteiger partial charge is 0.497 e. The number of methoxy groups -OCH3 is 1. The molecule has 0 radical (unpaired) electrons. The summed E-state index contributed by atoms with van der Waals surface area (Å²) < 4.78 is 10.4. The molecular formula is C23H24N2O3S2. The van der Waals surface area contributed by atoms with Gasteiger partial charge in [0.15, 0.2) is 5.11 Å². The van der Waals surface area contributed by atoms with Gasteiger partial charge in [0.05, 0.1) is 25.3 Å². The molecule has 2 aromatic carbocycles. The van der Waals surface area contributed by atoms with Crippen LogP contribution in [0.2, 0.25) is 0 Å². The maximum Gasteiger partial charge on any atom is 0.341 e. The average molecular weight is 441 g/mol. The third kappa shape index (κ3) is 5.37. The van der Waals surface area contributed by atoms with Crippen LogP contribution in [-0.4, -0.2) is 24.8 Å². The van der Waals surface area contributed by atoms with Crippen molar-refractivity contribution in [2.45, 2.75) is 19.9 Å². The van der Waals surface area contributed by atoms with E-state index in [9.17, 15) is 4.79 Å². The number of anilines is 1. The number of carbonyl (C=O) groups is 1. The number of esters is 1. The molecule has 1 unspecified atom stereocenters. The summed E-state index contributed by atoms with van der Waals surface area (Å²) in [6.07, 6.45) is 0. The number of benzene rings is 2. The molecule has 0 amide bonds. The summed E-state index contributed by atoms with van der Waals surface area (Å²) in [7, 11) is 1.64. The fourth-order valence-corrected chi connectivity index (χ4v) is 4.30. The van der Waals surface area contributed by atoms with Crippen molar-refractivity contribution in [3.05, 3.63) is 71.8 Å². The maximum atomic E-state index is 12.5. The fourth-order valence-electron chi connectivity index (χ4n) is 2.90. The lowest BCUT2D eigenvalue weighted by Crippen LogP contribution is -2.31. The van der Waals surface area contributed by atoms with Crippen LogP contribution in [0.25, 0.3) is 10.4 Å². The molecule has 5 nitrogen and oxygen atoms in total. The van der Waals surface area contributed by atoms with Crippen molar-refractivity contribution in [1.29, 1.82) is 0 Å². The molecule has 0 aliphatic carbocycles. The minimum absolute atomic E-state index is 0.0181. The first-order valence-corrected chi connectivity index (χ1v) is 10.8. The van der Waals surface area contributed by atoms with Crippen molar-refractivity contribution in [1.82, 2.24) is 5.32 Å². The van der Waals surface area contributed by atoms with E-state index in [1.807, 2.05) is 67.6 Å². The van der Waals surface area contributed by atoms with Crippen LogP contribution in [0.15, 0.2) is 60.7 Å². The Morgan fingerprint density at radius 1 is 1.13 bits per heavy atom. The summed E-state index contributed by atoms with van der Waals surface area (Å²) in [6.45, 7) is 4.12. The van der Waals surface area contributed by atoms with Crippen LogP contribution in [0.1, 0.15) is 35.8 Å². The molecule has 1 aromatic heterocycles. The van der Waals surface area contributed by atoms with Crippen LogP contribution in [0.4, 0.5) is 5.00 Å². The summed E-state index contributed by atoms with van der Waals surface area (Å²) in [5.74, 6) is 0.433. The number of thiophene rings is 1. The van der Waals surface area contributed by atoms with Gasteiger partial charge in [0.25, 0.3) is 0 Å². The highest BCUT2D eigenvalue weighted by Gasteiger charge is 2.19. The van der Waals surface area contributed by atoms with E-state index < -0.39 is 0 Å². The predicted octanol–water partition coefficient (Wildman–Crippen LogP) is 5.65. The summed E-state index contributed by atoms with van der Waals surface area (Å²) in [5, 5.41) is 7.53. The van der Waals surface area contributed by atoms with E-state index in [4.69, 9.17) is 21.7 Å². The average Bonchev–Trinajstić information content (AvgIpc) is 3.18. The highest BCUT2D eigenvalue weighted by atomic mass is 32.1. The van der Waals surface area contributed by atoms with E-state index in [-0.39, 0.29) is 12.0 Å². The number of nitrogens with one attached hydrogen (secondary N) is 2.